The monoisotopic (exact) mass is 493 g/mol. The lowest BCUT2D eigenvalue weighted by Crippen LogP contribution is -2.43. The summed E-state index contributed by atoms with van der Waals surface area (Å²) < 4.78 is 19.9. The van der Waals surface area contributed by atoms with Gasteiger partial charge in [-0.15, -0.1) is 0 Å². The molecule has 4 rings (SSSR count). The Morgan fingerprint density at radius 3 is 2.61 bits per heavy atom. The molecule has 2 atom stereocenters. The summed E-state index contributed by atoms with van der Waals surface area (Å²) in [5.41, 5.74) is 12.7. The molecule has 36 heavy (non-hydrogen) atoms. The molecule has 0 unspecified atom stereocenters. The van der Waals surface area contributed by atoms with Crippen LogP contribution in [-0.4, -0.2) is 41.0 Å². The Labute approximate surface area is 207 Å². The van der Waals surface area contributed by atoms with Gasteiger partial charge >= 0.3 is 0 Å². The molecule has 1 fully saturated rings. The molecular weight excluding hydrogens is 465 g/mol. The Morgan fingerprint density at radius 1 is 1.08 bits per heavy atom. The van der Waals surface area contributed by atoms with Crippen LogP contribution in [0.2, 0.25) is 0 Å². The second-order valence-electron chi connectivity index (χ2n) is 8.55. The summed E-state index contributed by atoms with van der Waals surface area (Å²) in [4.78, 5) is 33.1. The predicted octanol–water partition coefficient (Wildman–Crippen LogP) is 3.40. The van der Waals surface area contributed by atoms with E-state index in [0.717, 1.165) is 31.7 Å². The summed E-state index contributed by atoms with van der Waals surface area (Å²) in [6, 6.07) is 9.09. The summed E-state index contributed by atoms with van der Waals surface area (Å²) in [6.45, 7) is 0. The van der Waals surface area contributed by atoms with Crippen LogP contribution >= 0.6 is 0 Å². The van der Waals surface area contributed by atoms with Gasteiger partial charge in [-0.2, -0.15) is 0 Å². The van der Waals surface area contributed by atoms with E-state index in [-0.39, 0.29) is 35.2 Å². The van der Waals surface area contributed by atoms with Gasteiger partial charge in [0.1, 0.15) is 11.6 Å². The van der Waals surface area contributed by atoms with Crippen LogP contribution in [0.4, 0.5) is 27.4 Å². The summed E-state index contributed by atoms with van der Waals surface area (Å²) in [5, 5.41) is 8.79. The van der Waals surface area contributed by atoms with Crippen molar-refractivity contribution in [2.75, 3.05) is 23.1 Å². The first-order chi connectivity index (χ1) is 17.3. The lowest BCUT2D eigenvalue weighted by Gasteiger charge is -2.30. The highest BCUT2D eigenvalue weighted by molar-refractivity contribution is 6.04. The van der Waals surface area contributed by atoms with E-state index in [0.29, 0.717) is 22.7 Å². The van der Waals surface area contributed by atoms with E-state index < -0.39 is 11.7 Å². The highest BCUT2D eigenvalue weighted by atomic mass is 19.1. The van der Waals surface area contributed by atoms with Gasteiger partial charge in [-0.3, -0.25) is 14.6 Å². The van der Waals surface area contributed by atoms with Crippen LogP contribution in [0.15, 0.2) is 48.8 Å². The first-order valence-corrected chi connectivity index (χ1v) is 11.5. The molecule has 0 aliphatic heterocycles. The summed E-state index contributed by atoms with van der Waals surface area (Å²) in [7, 11) is 1.52. The molecular formula is C25H28FN7O3. The highest BCUT2D eigenvalue weighted by Gasteiger charge is 2.24. The number of carbonyl (C=O) groups excluding carboxylic acids is 2. The number of hydrogen-bond acceptors (Lipinski definition) is 8. The number of amides is 2. The molecule has 2 heterocycles. The topological polar surface area (TPSA) is 157 Å². The molecule has 1 aromatic carbocycles. The molecule has 10 nitrogen and oxygen atoms in total. The first-order valence-electron chi connectivity index (χ1n) is 11.5. The van der Waals surface area contributed by atoms with Crippen molar-refractivity contribution in [3.8, 4) is 5.75 Å². The predicted molar refractivity (Wildman–Crippen MR) is 135 cm³/mol. The number of aromatic nitrogens is 2. The van der Waals surface area contributed by atoms with Gasteiger partial charge in [0.15, 0.2) is 11.6 Å². The number of nitrogens with two attached hydrogens (primary N) is 2. The van der Waals surface area contributed by atoms with Crippen LogP contribution in [-0.2, 0) is 0 Å². The van der Waals surface area contributed by atoms with Crippen molar-refractivity contribution in [1.29, 1.82) is 0 Å². The van der Waals surface area contributed by atoms with E-state index in [9.17, 15) is 14.0 Å². The van der Waals surface area contributed by atoms with Gasteiger partial charge in [0.05, 0.1) is 36.4 Å². The lowest BCUT2D eigenvalue weighted by atomic mass is 9.91. The summed E-state index contributed by atoms with van der Waals surface area (Å²) in [5.74, 6) is -1.34. The average Bonchev–Trinajstić information content (AvgIpc) is 2.87. The molecule has 188 valence electrons. The quantitative estimate of drug-likeness (QED) is 0.319. The third-order valence-corrected chi connectivity index (χ3v) is 5.97. The molecule has 3 aromatic rings. The fraction of sp³-hybridized carbons (Fsp3) is 0.280. The van der Waals surface area contributed by atoms with Crippen LogP contribution in [0.5, 0.6) is 5.75 Å². The van der Waals surface area contributed by atoms with Crippen LogP contribution < -0.4 is 32.2 Å². The highest BCUT2D eigenvalue weighted by Crippen LogP contribution is 2.27. The van der Waals surface area contributed by atoms with Crippen molar-refractivity contribution in [2.45, 2.75) is 37.8 Å². The Hall–Kier alpha value is -4.25. The van der Waals surface area contributed by atoms with E-state index in [1.54, 1.807) is 30.3 Å². The zero-order valence-corrected chi connectivity index (χ0v) is 19.8. The molecule has 2 amide bonds. The van der Waals surface area contributed by atoms with Crippen molar-refractivity contribution in [3.63, 3.8) is 0 Å². The number of nitrogens with zero attached hydrogens (tertiary/aromatic N) is 2. The first kappa shape index (κ1) is 24.9. The van der Waals surface area contributed by atoms with Crippen molar-refractivity contribution in [2.24, 2.45) is 11.5 Å². The Balaban J connectivity index is 1.56. The number of carbonyl (C=O) groups is 2. The second kappa shape index (κ2) is 11.0. The van der Waals surface area contributed by atoms with Crippen molar-refractivity contribution >= 4 is 34.8 Å². The number of pyridine rings is 2. The fourth-order valence-electron chi connectivity index (χ4n) is 4.07. The number of ether oxygens (including phenoxy) is 1. The molecule has 2 aromatic heterocycles. The number of primary amides is 1. The molecule has 1 aliphatic carbocycles. The number of methoxy groups -OCH3 is 1. The van der Waals surface area contributed by atoms with Crippen molar-refractivity contribution < 1.29 is 18.7 Å². The van der Waals surface area contributed by atoms with Crippen LogP contribution in [0, 0.1) is 5.82 Å². The van der Waals surface area contributed by atoms with Gasteiger partial charge in [-0.25, -0.2) is 9.37 Å². The summed E-state index contributed by atoms with van der Waals surface area (Å²) in [6.07, 6.45) is 6.58. The van der Waals surface area contributed by atoms with Gasteiger partial charge in [0.2, 0.25) is 0 Å². The Bertz CT molecular complexity index is 1270. The maximum Gasteiger partial charge on any atom is 0.255 e. The molecule has 0 saturated heterocycles. The van der Waals surface area contributed by atoms with E-state index in [4.69, 9.17) is 16.2 Å². The fourth-order valence-corrected chi connectivity index (χ4v) is 4.07. The van der Waals surface area contributed by atoms with Crippen LogP contribution in [0.3, 0.4) is 0 Å². The maximum atomic E-state index is 14.8. The van der Waals surface area contributed by atoms with Gasteiger partial charge in [0, 0.05) is 17.6 Å². The number of anilines is 4. The van der Waals surface area contributed by atoms with E-state index in [2.05, 4.69) is 25.9 Å². The minimum Gasteiger partial charge on any atom is -0.497 e. The van der Waals surface area contributed by atoms with Crippen LogP contribution in [0.1, 0.15) is 46.4 Å². The standard InChI is InChI=1S/C25H28FN7O3/c1-36-17-6-4-5-14(9-17)25(35)31-16-10-15(12-29-13-16)30-23-18(22(28)34)11-19(26)24(33-23)32-21-8-3-2-7-20(21)27/h4-6,9-13,20-21H,2-3,7-8,27H2,1H3,(H2,28,34)(H,31,35)(H2,30,32,33)/t20-,21+/m0/s1. The maximum absolute atomic E-state index is 14.8. The molecule has 1 aliphatic rings. The van der Waals surface area contributed by atoms with Gasteiger partial charge in [0.25, 0.3) is 11.8 Å². The zero-order chi connectivity index (χ0) is 25.7. The Kier molecular flexibility index (Phi) is 7.59. The van der Waals surface area contributed by atoms with Gasteiger partial charge in [-0.1, -0.05) is 18.9 Å². The van der Waals surface area contributed by atoms with Gasteiger partial charge in [-0.05, 0) is 43.2 Å². The largest absolute Gasteiger partial charge is 0.497 e. The minimum atomic E-state index is -0.847. The molecule has 7 N–H and O–H groups in total. The number of hydrogen-bond donors (Lipinski definition) is 5. The number of benzene rings is 1. The van der Waals surface area contributed by atoms with E-state index >= 15 is 0 Å². The third-order valence-electron chi connectivity index (χ3n) is 5.97. The molecule has 0 spiro atoms. The number of nitrogens with one attached hydrogen (secondary N) is 3. The average molecular weight is 494 g/mol. The number of rotatable bonds is 8. The van der Waals surface area contributed by atoms with Crippen LogP contribution in [0.25, 0.3) is 0 Å². The zero-order valence-electron chi connectivity index (χ0n) is 19.8. The smallest absolute Gasteiger partial charge is 0.255 e. The normalized spacial score (nSPS) is 17.2. The summed E-state index contributed by atoms with van der Waals surface area (Å²) >= 11 is 0. The number of halogens is 1. The minimum absolute atomic E-state index is 0.0275. The molecule has 1 saturated carbocycles. The van der Waals surface area contributed by atoms with Crippen molar-refractivity contribution in [3.05, 3.63) is 65.7 Å². The van der Waals surface area contributed by atoms with Crippen molar-refractivity contribution in [1.82, 2.24) is 9.97 Å². The lowest BCUT2D eigenvalue weighted by molar-refractivity contribution is 0.0997. The van der Waals surface area contributed by atoms with Gasteiger partial charge < -0.3 is 32.2 Å². The van der Waals surface area contributed by atoms with E-state index in [1.165, 1.54) is 19.5 Å². The molecule has 0 radical (unpaired) electrons. The molecule has 0 bridgehead atoms. The third kappa shape index (κ3) is 5.87. The second-order valence-corrected chi connectivity index (χ2v) is 8.55. The SMILES string of the molecule is COc1cccc(C(=O)Nc2cncc(Nc3nc(N[C@@H]4CCCC[C@@H]4N)c(F)cc3C(N)=O)c2)c1. The van der Waals surface area contributed by atoms with E-state index in [1.807, 2.05) is 0 Å². The Morgan fingerprint density at radius 2 is 1.86 bits per heavy atom. The molecule has 11 heteroatoms.